The highest BCUT2D eigenvalue weighted by atomic mass is 35.5. The summed E-state index contributed by atoms with van der Waals surface area (Å²) in [5.41, 5.74) is -0.0106. The molecule has 0 spiro atoms. The maximum Gasteiger partial charge on any atom is 0.338 e. The molecule has 2 N–H and O–H groups in total. The molecule has 1 atom stereocenters. The predicted octanol–water partition coefficient (Wildman–Crippen LogP) is 2.24. The van der Waals surface area contributed by atoms with Crippen LogP contribution in [-0.4, -0.2) is 24.5 Å². The Labute approximate surface area is 144 Å². The third-order valence-electron chi connectivity index (χ3n) is 3.06. The van der Waals surface area contributed by atoms with Gasteiger partial charge in [-0.3, -0.25) is 0 Å². The molecule has 0 saturated heterocycles. The van der Waals surface area contributed by atoms with E-state index in [4.69, 9.17) is 26.0 Å². The molecule has 0 fully saturated rings. The van der Waals surface area contributed by atoms with Crippen LogP contribution in [-0.2, 0) is 21.2 Å². The maximum atomic E-state index is 12.2. The molecule has 8 nitrogen and oxygen atoms in total. The molecule has 0 bridgehead atoms. The highest BCUT2D eigenvalue weighted by molar-refractivity contribution is 7.89. The quantitative estimate of drug-likeness (QED) is 0.769. The van der Waals surface area contributed by atoms with Crippen molar-refractivity contribution in [2.24, 2.45) is 5.14 Å². The summed E-state index contributed by atoms with van der Waals surface area (Å²) in [5, 5.41) is 8.75. The van der Waals surface area contributed by atoms with Gasteiger partial charge in [-0.25, -0.2) is 18.4 Å². The summed E-state index contributed by atoms with van der Waals surface area (Å²) in [6, 6.07) is 3.65. The molecule has 1 unspecified atom stereocenters. The lowest BCUT2D eigenvalue weighted by Gasteiger charge is -2.10. The first-order valence-corrected chi connectivity index (χ1v) is 9.00. The predicted molar refractivity (Wildman–Crippen MR) is 84.9 cm³/mol. The van der Waals surface area contributed by atoms with E-state index in [0.29, 0.717) is 12.2 Å². The Hall–Kier alpha value is -1.97. The van der Waals surface area contributed by atoms with E-state index in [9.17, 15) is 13.2 Å². The number of rotatable bonds is 6. The summed E-state index contributed by atoms with van der Waals surface area (Å²) in [7, 11) is -4.05. The third kappa shape index (κ3) is 4.31. The summed E-state index contributed by atoms with van der Waals surface area (Å²) >= 11 is 5.78. The van der Waals surface area contributed by atoms with Crippen LogP contribution in [0.4, 0.5) is 0 Å². The Morgan fingerprint density at radius 2 is 2.17 bits per heavy atom. The van der Waals surface area contributed by atoms with Crippen molar-refractivity contribution >= 4 is 27.6 Å². The van der Waals surface area contributed by atoms with Crippen LogP contribution in [0.3, 0.4) is 0 Å². The van der Waals surface area contributed by atoms with Gasteiger partial charge in [-0.1, -0.05) is 23.7 Å². The van der Waals surface area contributed by atoms with Crippen LogP contribution in [0.25, 0.3) is 0 Å². The highest BCUT2D eigenvalue weighted by Crippen LogP contribution is 2.23. The fourth-order valence-electron chi connectivity index (χ4n) is 1.89. The molecule has 2 aromatic rings. The second-order valence-corrected chi connectivity index (χ2v) is 6.97. The largest absolute Gasteiger partial charge is 0.449 e. The first-order valence-electron chi connectivity index (χ1n) is 7.08. The van der Waals surface area contributed by atoms with Crippen molar-refractivity contribution in [3.63, 3.8) is 0 Å². The van der Waals surface area contributed by atoms with Gasteiger partial charge in [-0.05, 0) is 31.5 Å². The van der Waals surface area contributed by atoms with Gasteiger partial charge >= 0.3 is 5.97 Å². The number of sulfonamides is 1. The Bertz CT molecular complexity index is 850. The van der Waals surface area contributed by atoms with Gasteiger partial charge in [-0.2, -0.15) is 4.98 Å². The van der Waals surface area contributed by atoms with Crippen LogP contribution >= 0.6 is 11.6 Å². The number of aryl methyl sites for hydroxylation is 1. The number of halogens is 1. The standard InChI is InChI=1S/C14H16ClN3O5S/c1-3-4-12-17-13(23-18-12)8(2)22-14(19)9-5-6-10(15)11(7-9)24(16,20)21/h5-8H,3-4H2,1-2H3,(H2,16,20,21). The van der Waals surface area contributed by atoms with Crippen molar-refractivity contribution < 1.29 is 22.5 Å². The zero-order chi connectivity index (χ0) is 17.9. The first-order chi connectivity index (χ1) is 11.2. The van der Waals surface area contributed by atoms with Crippen LogP contribution in [0.5, 0.6) is 0 Å². The van der Waals surface area contributed by atoms with E-state index >= 15 is 0 Å². The van der Waals surface area contributed by atoms with E-state index in [1.54, 1.807) is 6.92 Å². The first kappa shape index (κ1) is 18.4. The minimum Gasteiger partial charge on any atom is -0.449 e. The highest BCUT2D eigenvalue weighted by Gasteiger charge is 2.22. The average molecular weight is 374 g/mol. The Morgan fingerprint density at radius 1 is 1.46 bits per heavy atom. The number of hydrogen-bond donors (Lipinski definition) is 1. The van der Waals surface area contributed by atoms with Gasteiger partial charge in [0.25, 0.3) is 5.89 Å². The number of carbonyl (C=O) groups excluding carboxylic acids is 1. The summed E-state index contributed by atoms with van der Waals surface area (Å²) in [4.78, 5) is 15.9. The van der Waals surface area contributed by atoms with Crippen molar-refractivity contribution in [3.8, 4) is 0 Å². The normalized spacial score (nSPS) is 12.8. The molecule has 10 heteroatoms. The monoisotopic (exact) mass is 373 g/mol. The second kappa shape index (κ2) is 7.29. The lowest BCUT2D eigenvalue weighted by molar-refractivity contribution is 0.0265. The number of carbonyl (C=O) groups is 1. The van der Waals surface area contributed by atoms with E-state index in [1.807, 2.05) is 6.92 Å². The molecular weight excluding hydrogens is 358 g/mol. The van der Waals surface area contributed by atoms with Crippen LogP contribution in [0.2, 0.25) is 5.02 Å². The van der Waals surface area contributed by atoms with Crippen molar-refractivity contribution in [2.75, 3.05) is 0 Å². The molecule has 0 aliphatic carbocycles. The number of ether oxygens (including phenoxy) is 1. The topological polar surface area (TPSA) is 125 Å². The number of nitrogens with two attached hydrogens (primary N) is 1. The van der Waals surface area contributed by atoms with Gasteiger partial charge in [0.15, 0.2) is 11.9 Å². The molecule has 1 aromatic heterocycles. The van der Waals surface area contributed by atoms with Gasteiger partial charge in [0.05, 0.1) is 10.6 Å². The lowest BCUT2D eigenvalue weighted by atomic mass is 10.2. The zero-order valence-corrected chi connectivity index (χ0v) is 14.6. The fourth-order valence-corrected chi connectivity index (χ4v) is 2.96. The van der Waals surface area contributed by atoms with Gasteiger partial charge in [0.2, 0.25) is 10.0 Å². The summed E-state index contributed by atoms with van der Waals surface area (Å²) in [5.74, 6) is -0.0786. The van der Waals surface area contributed by atoms with Crippen LogP contribution in [0.15, 0.2) is 27.6 Å². The van der Waals surface area contributed by atoms with Crippen LogP contribution in [0.1, 0.15) is 48.4 Å². The molecule has 130 valence electrons. The van der Waals surface area contributed by atoms with Gasteiger partial charge in [0.1, 0.15) is 4.90 Å². The van der Waals surface area contributed by atoms with E-state index in [2.05, 4.69) is 10.1 Å². The van der Waals surface area contributed by atoms with E-state index in [-0.39, 0.29) is 21.4 Å². The molecule has 0 aliphatic rings. The van der Waals surface area contributed by atoms with Gasteiger partial charge < -0.3 is 9.26 Å². The maximum absolute atomic E-state index is 12.2. The van der Waals surface area contributed by atoms with Crippen molar-refractivity contribution in [1.82, 2.24) is 10.1 Å². The number of benzene rings is 1. The minimum atomic E-state index is -4.05. The summed E-state index contributed by atoms with van der Waals surface area (Å²) < 4.78 is 33.1. The molecule has 1 heterocycles. The van der Waals surface area contributed by atoms with Crippen molar-refractivity contribution in [2.45, 2.75) is 37.7 Å². The molecule has 24 heavy (non-hydrogen) atoms. The molecular formula is C14H16ClN3O5S. The third-order valence-corrected chi connectivity index (χ3v) is 4.45. The number of esters is 1. The minimum absolute atomic E-state index is 0.0106. The number of primary sulfonamides is 1. The fraction of sp³-hybridized carbons (Fsp3) is 0.357. The van der Waals surface area contributed by atoms with E-state index in [1.165, 1.54) is 12.1 Å². The SMILES string of the molecule is CCCc1noc(C(C)OC(=O)c2ccc(Cl)c(S(N)(=O)=O)c2)n1. The van der Waals surface area contributed by atoms with Gasteiger partial charge in [0, 0.05) is 6.42 Å². The van der Waals surface area contributed by atoms with Crippen LogP contribution in [0, 0.1) is 0 Å². The molecule has 0 amide bonds. The van der Waals surface area contributed by atoms with Crippen LogP contribution < -0.4 is 5.14 Å². The van der Waals surface area contributed by atoms with E-state index < -0.39 is 22.1 Å². The Balaban J connectivity index is 2.17. The summed E-state index contributed by atoms with van der Waals surface area (Å²) in [6.07, 6.45) is 0.720. The molecule has 1 aromatic carbocycles. The smallest absolute Gasteiger partial charge is 0.338 e. The average Bonchev–Trinajstić information content (AvgIpc) is 2.95. The number of aromatic nitrogens is 2. The molecule has 0 aliphatic heterocycles. The van der Waals surface area contributed by atoms with E-state index in [0.717, 1.165) is 12.5 Å². The Morgan fingerprint density at radius 3 is 2.79 bits per heavy atom. The number of nitrogens with zero attached hydrogens (tertiary/aromatic N) is 2. The Kier molecular flexibility index (Phi) is 5.58. The molecule has 2 rings (SSSR count). The van der Waals surface area contributed by atoms with Crippen molar-refractivity contribution in [3.05, 3.63) is 40.5 Å². The van der Waals surface area contributed by atoms with Gasteiger partial charge in [-0.15, -0.1) is 0 Å². The number of hydrogen-bond acceptors (Lipinski definition) is 7. The van der Waals surface area contributed by atoms with Crippen molar-refractivity contribution in [1.29, 1.82) is 0 Å². The zero-order valence-electron chi connectivity index (χ0n) is 13.0. The lowest BCUT2D eigenvalue weighted by Crippen LogP contribution is -2.15. The summed E-state index contributed by atoms with van der Waals surface area (Å²) in [6.45, 7) is 3.54. The molecule has 0 radical (unpaired) electrons. The second-order valence-electron chi connectivity index (χ2n) is 5.04. The molecule has 0 saturated carbocycles.